The quantitative estimate of drug-likeness (QED) is 0.421. The standard InChI is InChI=1S/C30H41NO3/c1-22-7-2-5-10-28(22)30-17-11-23-21-27(16-18-29(23)34-30)33-26-14-12-24(13-15-26)31-19-6-20-32-25-8-3-4-9-25/h2,5,7,10,16,18,21,24-26,30-31H,3-4,6,8-9,11-15,17,19-20H2,1H3. The predicted molar refractivity (Wildman–Crippen MR) is 137 cm³/mol. The van der Waals surface area contributed by atoms with E-state index in [0.29, 0.717) is 18.2 Å². The Morgan fingerprint density at radius 3 is 2.56 bits per heavy atom. The highest BCUT2D eigenvalue weighted by molar-refractivity contribution is 5.43. The summed E-state index contributed by atoms with van der Waals surface area (Å²) in [4.78, 5) is 0. The summed E-state index contributed by atoms with van der Waals surface area (Å²) < 4.78 is 18.7. The third kappa shape index (κ3) is 6.14. The Labute approximate surface area is 205 Å². The van der Waals surface area contributed by atoms with Gasteiger partial charge in [0.05, 0.1) is 12.2 Å². The lowest BCUT2D eigenvalue weighted by atomic mass is 9.92. The van der Waals surface area contributed by atoms with Crippen molar-refractivity contribution >= 4 is 0 Å². The van der Waals surface area contributed by atoms with Gasteiger partial charge in [-0.2, -0.15) is 0 Å². The van der Waals surface area contributed by atoms with Crippen molar-refractivity contribution in [3.8, 4) is 11.5 Å². The third-order valence-electron chi connectivity index (χ3n) is 7.90. The minimum Gasteiger partial charge on any atom is -0.490 e. The van der Waals surface area contributed by atoms with Gasteiger partial charge >= 0.3 is 0 Å². The van der Waals surface area contributed by atoms with Crippen LogP contribution in [0.5, 0.6) is 11.5 Å². The molecular formula is C30H41NO3. The molecule has 34 heavy (non-hydrogen) atoms. The Morgan fingerprint density at radius 1 is 0.912 bits per heavy atom. The lowest BCUT2D eigenvalue weighted by Crippen LogP contribution is -2.37. The van der Waals surface area contributed by atoms with Crippen molar-refractivity contribution in [2.24, 2.45) is 0 Å². The Balaban J connectivity index is 1.03. The average Bonchev–Trinajstić information content (AvgIpc) is 3.38. The Kier molecular flexibility index (Phi) is 8.08. The van der Waals surface area contributed by atoms with Crippen LogP contribution >= 0.6 is 0 Å². The molecule has 0 saturated heterocycles. The van der Waals surface area contributed by atoms with Gasteiger partial charge in [0.2, 0.25) is 0 Å². The second-order valence-electron chi connectivity index (χ2n) is 10.4. The summed E-state index contributed by atoms with van der Waals surface area (Å²) in [6, 6.07) is 15.6. The van der Waals surface area contributed by atoms with Crippen LogP contribution in [0.3, 0.4) is 0 Å². The summed E-state index contributed by atoms with van der Waals surface area (Å²) >= 11 is 0. The monoisotopic (exact) mass is 463 g/mol. The van der Waals surface area contributed by atoms with Crippen LogP contribution in [-0.2, 0) is 11.2 Å². The number of benzene rings is 2. The molecule has 2 aromatic rings. The fraction of sp³-hybridized carbons (Fsp3) is 0.600. The van der Waals surface area contributed by atoms with E-state index in [-0.39, 0.29) is 6.10 Å². The summed E-state index contributed by atoms with van der Waals surface area (Å²) in [5, 5.41) is 3.74. The van der Waals surface area contributed by atoms with Gasteiger partial charge in [-0.15, -0.1) is 0 Å². The molecule has 5 rings (SSSR count). The van der Waals surface area contributed by atoms with Crippen LogP contribution < -0.4 is 14.8 Å². The number of nitrogens with one attached hydrogen (secondary N) is 1. The first-order valence-electron chi connectivity index (χ1n) is 13.6. The normalized spacial score (nSPS) is 25.0. The minimum absolute atomic E-state index is 0.150. The van der Waals surface area contributed by atoms with E-state index in [0.717, 1.165) is 56.8 Å². The largest absolute Gasteiger partial charge is 0.490 e. The SMILES string of the molecule is Cc1ccccc1C1CCc2cc(OC3CCC(NCCCOC4CCCC4)CC3)ccc2O1. The van der Waals surface area contributed by atoms with Crippen molar-refractivity contribution < 1.29 is 14.2 Å². The first-order valence-corrected chi connectivity index (χ1v) is 13.6. The average molecular weight is 464 g/mol. The van der Waals surface area contributed by atoms with Crippen molar-refractivity contribution in [1.82, 2.24) is 5.32 Å². The van der Waals surface area contributed by atoms with Gasteiger partial charge in [-0.25, -0.2) is 0 Å². The second-order valence-corrected chi connectivity index (χ2v) is 10.4. The smallest absolute Gasteiger partial charge is 0.124 e. The van der Waals surface area contributed by atoms with Gasteiger partial charge in [-0.3, -0.25) is 0 Å². The van der Waals surface area contributed by atoms with Crippen LogP contribution in [0.1, 0.15) is 87.0 Å². The number of hydrogen-bond donors (Lipinski definition) is 1. The van der Waals surface area contributed by atoms with E-state index in [4.69, 9.17) is 14.2 Å². The summed E-state index contributed by atoms with van der Waals surface area (Å²) in [6.45, 7) is 4.14. The van der Waals surface area contributed by atoms with Gasteiger partial charge in [0.25, 0.3) is 0 Å². The summed E-state index contributed by atoms with van der Waals surface area (Å²) in [6.07, 6.45) is 14.1. The first-order chi connectivity index (χ1) is 16.7. The minimum atomic E-state index is 0.150. The van der Waals surface area contributed by atoms with Gasteiger partial charge in [-0.1, -0.05) is 37.1 Å². The molecule has 2 aliphatic carbocycles. The van der Waals surface area contributed by atoms with Crippen molar-refractivity contribution in [1.29, 1.82) is 0 Å². The van der Waals surface area contributed by atoms with E-state index in [1.807, 2.05) is 0 Å². The van der Waals surface area contributed by atoms with E-state index in [1.165, 1.54) is 55.2 Å². The van der Waals surface area contributed by atoms with Gasteiger partial charge in [0, 0.05) is 12.6 Å². The fourth-order valence-electron chi connectivity index (χ4n) is 5.87. The molecule has 0 aromatic heterocycles. The van der Waals surface area contributed by atoms with Crippen LogP contribution in [0, 0.1) is 6.92 Å². The maximum absolute atomic E-state index is 6.40. The maximum Gasteiger partial charge on any atom is 0.124 e. The summed E-state index contributed by atoms with van der Waals surface area (Å²) in [7, 11) is 0. The molecule has 2 saturated carbocycles. The molecule has 0 bridgehead atoms. The van der Waals surface area contributed by atoms with Crippen molar-refractivity contribution in [3.05, 3.63) is 59.2 Å². The van der Waals surface area contributed by atoms with Gasteiger partial charge in [0.1, 0.15) is 17.6 Å². The number of aryl methyl sites for hydroxylation is 2. The highest BCUT2D eigenvalue weighted by Crippen LogP contribution is 2.38. The molecule has 1 N–H and O–H groups in total. The zero-order chi connectivity index (χ0) is 23.2. The summed E-state index contributed by atoms with van der Waals surface area (Å²) in [5.74, 6) is 2.01. The number of hydrogen-bond acceptors (Lipinski definition) is 4. The Bertz CT molecular complexity index is 915. The molecule has 2 aromatic carbocycles. The van der Waals surface area contributed by atoms with Gasteiger partial charge in [-0.05, 0) is 106 Å². The first kappa shape index (κ1) is 23.7. The topological polar surface area (TPSA) is 39.7 Å². The number of ether oxygens (including phenoxy) is 3. The molecule has 4 heteroatoms. The predicted octanol–water partition coefficient (Wildman–Crippen LogP) is 6.69. The zero-order valence-corrected chi connectivity index (χ0v) is 20.8. The second kappa shape index (κ2) is 11.6. The molecule has 4 nitrogen and oxygen atoms in total. The Hall–Kier alpha value is -2.04. The molecule has 1 unspecified atom stereocenters. The molecular weight excluding hydrogens is 422 g/mol. The van der Waals surface area contributed by atoms with Crippen LogP contribution in [0.4, 0.5) is 0 Å². The van der Waals surface area contributed by atoms with Crippen molar-refractivity contribution in [3.63, 3.8) is 0 Å². The van der Waals surface area contributed by atoms with Crippen LogP contribution in [-0.4, -0.2) is 31.4 Å². The highest BCUT2D eigenvalue weighted by Gasteiger charge is 2.25. The zero-order valence-electron chi connectivity index (χ0n) is 20.8. The molecule has 3 aliphatic rings. The summed E-state index contributed by atoms with van der Waals surface area (Å²) in [5.41, 5.74) is 3.89. The molecule has 1 atom stereocenters. The highest BCUT2D eigenvalue weighted by atomic mass is 16.5. The molecule has 0 radical (unpaired) electrons. The molecule has 1 heterocycles. The van der Waals surface area contributed by atoms with Crippen LogP contribution in [0.25, 0.3) is 0 Å². The lowest BCUT2D eigenvalue weighted by molar-refractivity contribution is 0.0560. The maximum atomic E-state index is 6.40. The molecule has 1 aliphatic heterocycles. The van der Waals surface area contributed by atoms with E-state index >= 15 is 0 Å². The van der Waals surface area contributed by atoms with Crippen molar-refractivity contribution in [2.75, 3.05) is 13.2 Å². The molecule has 0 spiro atoms. The Morgan fingerprint density at radius 2 is 1.74 bits per heavy atom. The fourth-order valence-corrected chi connectivity index (χ4v) is 5.87. The van der Waals surface area contributed by atoms with E-state index < -0.39 is 0 Å². The number of rotatable bonds is 9. The molecule has 0 amide bonds. The van der Waals surface area contributed by atoms with Crippen LogP contribution in [0.2, 0.25) is 0 Å². The van der Waals surface area contributed by atoms with E-state index in [2.05, 4.69) is 54.7 Å². The molecule has 184 valence electrons. The lowest BCUT2D eigenvalue weighted by Gasteiger charge is -2.31. The van der Waals surface area contributed by atoms with Crippen molar-refractivity contribution in [2.45, 2.75) is 102 Å². The molecule has 2 fully saturated rings. The van der Waals surface area contributed by atoms with Crippen LogP contribution in [0.15, 0.2) is 42.5 Å². The van der Waals surface area contributed by atoms with Gasteiger partial charge in [0.15, 0.2) is 0 Å². The number of fused-ring (bicyclic) bond motifs is 1. The third-order valence-corrected chi connectivity index (χ3v) is 7.90. The van der Waals surface area contributed by atoms with E-state index in [9.17, 15) is 0 Å². The van der Waals surface area contributed by atoms with E-state index in [1.54, 1.807) is 0 Å². The van der Waals surface area contributed by atoms with Gasteiger partial charge < -0.3 is 19.5 Å².